The Morgan fingerprint density at radius 2 is 2.17 bits per heavy atom. The number of carbonyl (C=O) groups excluding carboxylic acids is 1. The van der Waals surface area contributed by atoms with Crippen LogP contribution in [0.1, 0.15) is 26.2 Å². The Morgan fingerprint density at radius 3 is 2.75 bits per heavy atom. The summed E-state index contributed by atoms with van der Waals surface area (Å²) in [6.07, 6.45) is 7.23. The Labute approximate surface area is 73.0 Å². The Hall–Kier alpha value is -1.17. The molecule has 0 bridgehead atoms. The van der Waals surface area contributed by atoms with Crippen molar-refractivity contribution in [3.8, 4) is 12.3 Å². The van der Waals surface area contributed by atoms with E-state index in [0.29, 0.717) is 6.61 Å². The number of rotatable bonds is 5. The van der Waals surface area contributed by atoms with Crippen molar-refractivity contribution >= 4 is 6.16 Å². The normalized spacial score (nSPS) is 8.67. The van der Waals surface area contributed by atoms with Crippen LogP contribution in [0.3, 0.4) is 0 Å². The minimum atomic E-state index is -0.677. The van der Waals surface area contributed by atoms with Crippen LogP contribution in [-0.4, -0.2) is 19.4 Å². The van der Waals surface area contributed by atoms with Gasteiger partial charge in [-0.2, -0.15) is 0 Å². The second-order valence-corrected chi connectivity index (χ2v) is 2.30. The molecule has 0 aromatic rings. The second kappa shape index (κ2) is 7.93. The molecule has 3 nitrogen and oxygen atoms in total. The summed E-state index contributed by atoms with van der Waals surface area (Å²) >= 11 is 0. The highest BCUT2D eigenvalue weighted by Gasteiger charge is 2.00. The number of carbonyl (C=O) groups is 1. The number of hydrogen-bond donors (Lipinski definition) is 0. The van der Waals surface area contributed by atoms with Gasteiger partial charge in [-0.3, -0.25) is 0 Å². The highest BCUT2D eigenvalue weighted by molar-refractivity contribution is 5.59. The van der Waals surface area contributed by atoms with Crippen molar-refractivity contribution in [2.24, 2.45) is 0 Å². The number of terminal acetylenes is 1. The third kappa shape index (κ3) is 6.94. The Balaban J connectivity index is 3.15. The number of unbranched alkanes of at least 4 members (excludes halogenated alkanes) is 2. The van der Waals surface area contributed by atoms with Gasteiger partial charge < -0.3 is 9.47 Å². The van der Waals surface area contributed by atoms with E-state index < -0.39 is 6.16 Å². The van der Waals surface area contributed by atoms with E-state index in [2.05, 4.69) is 22.3 Å². The molecule has 0 radical (unpaired) electrons. The van der Waals surface area contributed by atoms with Crippen molar-refractivity contribution in [3.05, 3.63) is 0 Å². The molecule has 0 atom stereocenters. The molecule has 0 saturated heterocycles. The van der Waals surface area contributed by atoms with Crippen molar-refractivity contribution in [2.75, 3.05) is 13.2 Å². The van der Waals surface area contributed by atoms with E-state index in [1.54, 1.807) is 0 Å². The Morgan fingerprint density at radius 1 is 1.42 bits per heavy atom. The van der Waals surface area contributed by atoms with Gasteiger partial charge in [-0.25, -0.2) is 4.79 Å². The molecule has 0 unspecified atom stereocenters. The van der Waals surface area contributed by atoms with E-state index >= 15 is 0 Å². The predicted molar refractivity (Wildman–Crippen MR) is 45.7 cm³/mol. The van der Waals surface area contributed by atoms with Gasteiger partial charge in [0.1, 0.15) is 0 Å². The van der Waals surface area contributed by atoms with Gasteiger partial charge in [0, 0.05) is 0 Å². The highest BCUT2D eigenvalue weighted by atomic mass is 16.7. The molecule has 0 spiro atoms. The molecule has 0 aliphatic heterocycles. The summed E-state index contributed by atoms with van der Waals surface area (Å²) in [6, 6.07) is 0. The van der Waals surface area contributed by atoms with Crippen molar-refractivity contribution in [1.82, 2.24) is 0 Å². The van der Waals surface area contributed by atoms with Crippen LogP contribution in [-0.2, 0) is 9.47 Å². The lowest BCUT2D eigenvalue weighted by Gasteiger charge is -2.02. The molecule has 0 aromatic carbocycles. The molecule has 0 heterocycles. The first-order valence-electron chi connectivity index (χ1n) is 4.04. The molecule has 0 aliphatic carbocycles. The first kappa shape index (κ1) is 10.8. The van der Waals surface area contributed by atoms with Crippen LogP contribution in [0, 0.1) is 12.3 Å². The summed E-state index contributed by atoms with van der Waals surface area (Å²) in [7, 11) is 0. The van der Waals surface area contributed by atoms with E-state index in [4.69, 9.17) is 6.42 Å². The van der Waals surface area contributed by atoms with E-state index in [9.17, 15) is 4.79 Å². The molecule has 68 valence electrons. The van der Waals surface area contributed by atoms with Crippen LogP contribution in [0.4, 0.5) is 4.79 Å². The zero-order valence-electron chi connectivity index (χ0n) is 7.34. The van der Waals surface area contributed by atoms with E-state index in [1.807, 2.05) is 0 Å². The number of ether oxygens (including phenoxy) is 2. The van der Waals surface area contributed by atoms with E-state index in [-0.39, 0.29) is 6.61 Å². The molecule has 0 rings (SSSR count). The van der Waals surface area contributed by atoms with Crippen LogP contribution in [0.15, 0.2) is 0 Å². The fourth-order valence-corrected chi connectivity index (χ4v) is 0.650. The van der Waals surface area contributed by atoms with Crippen LogP contribution < -0.4 is 0 Å². The standard InChI is InChI=1S/C9H14O3/c1-3-5-6-8-12-9(10)11-7-4-2/h2H,3,5-8H2,1H3. The molecule has 0 N–H and O–H groups in total. The molecular weight excluding hydrogens is 156 g/mol. The molecule has 3 heteroatoms. The van der Waals surface area contributed by atoms with Gasteiger partial charge >= 0.3 is 6.16 Å². The van der Waals surface area contributed by atoms with Crippen LogP contribution in [0.25, 0.3) is 0 Å². The van der Waals surface area contributed by atoms with Crippen LogP contribution >= 0.6 is 0 Å². The monoisotopic (exact) mass is 170 g/mol. The lowest BCUT2D eigenvalue weighted by Crippen LogP contribution is -2.08. The van der Waals surface area contributed by atoms with Crippen LogP contribution in [0.5, 0.6) is 0 Å². The van der Waals surface area contributed by atoms with E-state index in [1.165, 1.54) is 0 Å². The summed E-state index contributed by atoms with van der Waals surface area (Å²) in [5, 5.41) is 0. The van der Waals surface area contributed by atoms with Gasteiger partial charge in [0.05, 0.1) is 6.61 Å². The number of hydrogen-bond acceptors (Lipinski definition) is 3. The molecular formula is C9H14O3. The lowest BCUT2D eigenvalue weighted by molar-refractivity contribution is 0.0633. The molecule has 0 saturated carbocycles. The van der Waals surface area contributed by atoms with Gasteiger partial charge in [0.2, 0.25) is 0 Å². The minimum absolute atomic E-state index is 0.0212. The average Bonchev–Trinajstić information content (AvgIpc) is 2.09. The molecule has 0 amide bonds. The quantitative estimate of drug-likeness (QED) is 0.359. The largest absolute Gasteiger partial charge is 0.509 e. The van der Waals surface area contributed by atoms with Gasteiger partial charge in [-0.1, -0.05) is 25.7 Å². The Bertz CT molecular complexity index is 158. The molecule has 12 heavy (non-hydrogen) atoms. The summed E-state index contributed by atoms with van der Waals surface area (Å²) in [6.45, 7) is 2.47. The topological polar surface area (TPSA) is 35.5 Å². The minimum Gasteiger partial charge on any atom is -0.434 e. The SMILES string of the molecule is C#CCOC(=O)OCCCCC. The fraction of sp³-hybridized carbons (Fsp3) is 0.667. The van der Waals surface area contributed by atoms with Gasteiger partial charge in [0.25, 0.3) is 0 Å². The Kier molecular flexibility index (Phi) is 7.16. The first-order valence-corrected chi connectivity index (χ1v) is 4.04. The first-order chi connectivity index (χ1) is 5.81. The molecule has 0 aromatic heterocycles. The molecule has 0 aliphatic rings. The van der Waals surface area contributed by atoms with Gasteiger partial charge in [0.15, 0.2) is 6.61 Å². The summed E-state index contributed by atoms with van der Waals surface area (Å²) in [4.78, 5) is 10.6. The lowest BCUT2D eigenvalue weighted by atomic mass is 10.3. The smallest absolute Gasteiger partial charge is 0.434 e. The van der Waals surface area contributed by atoms with Gasteiger partial charge in [-0.05, 0) is 6.42 Å². The van der Waals surface area contributed by atoms with Crippen molar-refractivity contribution in [1.29, 1.82) is 0 Å². The van der Waals surface area contributed by atoms with Crippen LogP contribution in [0.2, 0.25) is 0 Å². The van der Waals surface area contributed by atoms with E-state index in [0.717, 1.165) is 19.3 Å². The highest BCUT2D eigenvalue weighted by Crippen LogP contribution is 1.95. The zero-order chi connectivity index (χ0) is 9.23. The third-order valence-corrected chi connectivity index (χ3v) is 1.24. The predicted octanol–water partition coefficient (Wildman–Crippen LogP) is 1.96. The van der Waals surface area contributed by atoms with Crippen molar-refractivity contribution < 1.29 is 14.3 Å². The van der Waals surface area contributed by atoms with Crippen molar-refractivity contribution in [3.63, 3.8) is 0 Å². The van der Waals surface area contributed by atoms with Gasteiger partial charge in [-0.15, -0.1) is 6.42 Å². The zero-order valence-corrected chi connectivity index (χ0v) is 7.34. The summed E-state index contributed by atoms with van der Waals surface area (Å²) in [5.74, 6) is 2.18. The third-order valence-electron chi connectivity index (χ3n) is 1.24. The maximum atomic E-state index is 10.6. The summed E-state index contributed by atoms with van der Waals surface area (Å²) in [5.41, 5.74) is 0. The second-order valence-electron chi connectivity index (χ2n) is 2.30. The maximum absolute atomic E-state index is 10.6. The molecule has 0 fully saturated rings. The van der Waals surface area contributed by atoms with Crippen molar-refractivity contribution in [2.45, 2.75) is 26.2 Å². The average molecular weight is 170 g/mol. The fourth-order valence-electron chi connectivity index (χ4n) is 0.650. The summed E-state index contributed by atoms with van der Waals surface area (Å²) < 4.78 is 9.16. The maximum Gasteiger partial charge on any atom is 0.509 e.